The van der Waals surface area contributed by atoms with Crippen LogP contribution in [0.4, 0.5) is 16.2 Å². The van der Waals surface area contributed by atoms with Gasteiger partial charge in [-0.25, -0.2) is 9.59 Å². The molecule has 1 aromatic heterocycles. The number of anilines is 2. The van der Waals surface area contributed by atoms with Gasteiger partial charge in [0.25, 0.3) is 0 Å². The standard InChI is InChI=1S/C19H24N6O5/c1-10-17-23-22-11(2)25(17)7-6-24(10)19(28)21-16-14(18(27)30-5)8-13(20-12(3)26)9-15(16)29-4/h8-10H,6-7H2,1-5H3,(H,20,26)(H,21,28). The zero-order valence-electron chi connectivity index (χ0n) is 17.5. The number of hydrogen-bond donors (Lipinski definition) is 2. The van der Waals surface area contributed by atoms with Gasteiger partial charge in [-0.05, 0) is 19.9 Å². The van der Waals surface area contributed by atoms with E-state index in [0.717, 1.165) is 5.82 Å². The highest BCUT2D eigenvalue weighted by atomic mass is 16.5. The fraction of sp³-hybridized carbons (Fsp3) is 0.421. The summed E-state index contributed by atoms with van der Waals surface area (Å²) in [7, 11) is 2.63. The minimum absolute atomic E-state index is 0.0534. The van der Waals surface area contributed by atoms with Gasteiger partial charge in [0.05, 0.1) is 31.5 Å². The second-order valence-corrected chi connectivity index (χ2v) is 6.83. The Morgan fingerprint density at radius 1 is 1.13 bits per heavy atom. The summed E-state index contributed by atoms with van der Waals surface area (Å²) >= 11 is 0. The Balaban J connectivity index is 1.94. The zero-order valence-corrected chi connectivity index (χ0v) is 17.5. The number of fused-ring (bicyclic) bond motifs is 1. The number of benzene rings is 1. The number of carbonyl (C=O) groups is 3. The maximum atomic E-state index is 13.1. The van der Waals surface area contributed by atoms with Crippen LogP contribution in [-0.2, 0) is 16.1 Å². The van der Waals surface area contributed by atoms with Crippen molar-refractivity contribution in [2.24, 2.45) is 0 Å². The Labute approximate surface area is 173 Å². The SMILES string of the molecule is COC(=O)c1cc(NC(C)=O)cc(OC)c1NC(=O)N1CCn2c(C)nnc2C1C. The van der Waals surface area contributed by atoms with Crippen LogP contribution in [0, 0.1) is 6.92 Å². The third kappa shape index (κ3) is 3.91. The first kappa shape index (κ1) is 21.1. The molecule has 3 rings (SSSR count). The Morgan fingerprint density at radius 2 is 1.87 bits per heavy atom. The van der Waals surface area contributed by atoms with Crippen molar-refractivity contribution >= 4 is 29.3 Å². The Hall–Kier alpha value is -3.63. The highest BCUT2D eigenvalue weighted by Crippen LogP contribution is 2.34. The first-order valence-corrected chi connectivity index (χ1v) is 9.32. The maximum absolute atomic E-state index is 13.1. The number of ether oxygens (including phenoxy) is 2. The van der Waals surface area contributed by atoms with Crippen LogP contribution in [0.25, 0.3) is 0 Å². The summed E-state index contributed by atoms with van der Waals surface area (Å²) in [5, 5.41) is 13.6. The fourth-order valence-electron chi connectivity index (χ4n) is 3.43. The van der Waals surface area contributed by atoms with Gasteiger partial charge in [0.2, 0.25) is 5.91 Å². The molecule has 1 unspecified atom stereocenters. The van der Waals surface area contributed by atoms with E-state index in [1.54, 1.807) is 4.90 Å². The number of nitrogens with zero attached hydrogens (tertiary/aromatic N) is 4. The van der Waals surface area contributed by atoms with E-state index in [4.69, 9.17) is 9.47 Å². The molecule has 1 aliphatic rings. The number of urea groups is 1. The quantitative estimate of drug-likeness (QED) is 0.729. The van der Waals surface area contributed by atoms with E-state index in [2.05, 4.69) is 20.8 Å². The molecule has 1 atom stereocenters. The van der Waals surface area contributed by atoms with Crippen molar-refractivity contribution in [2.45, 2.75) is 33.4 Å². The lowest BCUT2D eigenvalue weighted by Gasteiger charge is -2.33. The molecule has 1 aliphatic heterocycles. The minimum atomic E-state index is -0.683. The molecular weight excluding hydrogens is 392 g/mol. The number of rotatable bonds is 4. The molecule has 0 fully saturated rings. The number of methoxy groups -OCH3 is 2. The van der Waals surface area contributed by atoms with Crippen molar-refractivity contribution in [1.82, 2.24) is 19.7 Å². The van der Waals surface area contributed by atoms with Crippen molar-refractivity contribution in [3.8, 4) is 5.75 Å². The lowest BCUT2D eigenvalue weighted by atomic mass is 10.1. The molecule has 3 amide bonds. The van der Waals surface area contributed by atoms with Gasteiger partial charge in [0.15, 0.2) is 5.82 Å². The van der Waals surface area contributed by atoms with Gasteiger partial charge < -0.3 is 29.6 Å². The molecule has 0 bridgehead atoms. The summed E-state index contributed by atoms with van der Waals surface area (Å²) in [5.74, 6) is 0.693. The van der Waals surface area contributed by atoms with E-state index >= 15 is 0 Å². The predicted octanol–water partition coefficient (Wildman–Crippen LogP) is 1.95. The van der Waals surface area contributed by atoms with E-state index in [1.165, 1.54) is 33.3 Å². The fourth-order valence-corrected chi connectivity index (χ4v) is 3.43. The molecule has 2 N–H and O–H groups in total. The summed E-state index contributed by atoms with van der Waals surface area (Å²) in [6.07, 6.45) is 0. The van der Waals surface area contributed by atoms with Gasteiger partial charge >= 0.3 is 12.0 Å². The molecular formula is C19H24N6O5. The lowest BCUT2D eigenvalue weighted by molar-refractivity contribution is -0.114. The molecule has 0 spiro atoms. The van der Waals surface area contributed by atoms with E-state index in [1.807, 2.05) is 18.4 Å². The molecule has 11 heteroatoms. The largest absolute Gasteiger partial charge is 0.494 e. The average Bonchev–Trinajstić information content (AvgIpc) is 3.09. The van der Waals surface area contributed by atoms with Gasteiger partial charge in [0, 0.05) is 31.8 Å². The van der Waals surface area contributed by atoms with Crippen molar-refractivity contribution in [3.63, 3.8) is 0 Å². The van der Waals surface area contributed by atoms with E-state index in [-0.39, 0.29) is 28.9 Å². The first-order chi connectivity index (χ1) is 14.3. The number of carbonyl (C=O) groups excluding carboxylic acids is 3. The molecule has 0 saturated carbocycles. The van der Waals surface area contributed by atoms with Gasteiger partial charge in [-0.2, -0.15) is 0 Å². The van der Waals surface area contributed by atoms with Crippen LogP contribution in [0.1, 0.15) is 41.9 Å². The highest BCUT2D eigenvalue weighted by Gasteiger charge is 2.32. The molecule has 0 aliphatic carbocycles. The number of hydrogen-bond acceptors (Lipinski definition) is 7. The van der Waals surface area contributed by atoms with E-state index in [0.29, 0.717) is 24.6 Å². The van der Waals surface area contributed by atoms with Crippen molar-refractivity contribution in [2.75, 3.05) is 31.4 Å². The molecule has 0 saturated heterocycles. The number of nitrogens with one attached hydrogen (secondary N) is 2. The number of aromatic nitrogens is 3. The van der Waals surface area contributed by atoms with Gasteiger partial charge in [0.1, 0.15) is 11.6 Å². The number of aryl methyl sites for hydroxylation is 1. The van der Waals surface area contributed by atoms with Gasteiger partial charge in [-0.1, -0.05) is 0 Å². The maximum Gasteiger partial charge on any atom is 0.340 e. The second kappa shape index (κ2) is 8.39. The second-order valence-electron chi connectivity index (χ2n) is 6.83. The Bertz CT molecular complexity index is 1000. The third-order valence-electron chi connectivity index (χ3n) is 4.91. The van der Waals surface area contributed by atoms with E-state index < -0.39 is 12.0 Å². The number of esters is 1. The monoisotopic (exact) mass is 416 g/mol. The van der Waals surface area contributed by atoms with Gasteiger partial charge in [-0.3, -0.25) is 4.79 Å². The first-order valence-electron chi connectivity index (χ1n) is 9.32. The van der Waals surface area contributed by atoms with E-state index in [9.17, 15) is 14.4 Å². The Kier molecular flexibility index (Phi) is 5.90. The van der Waals surface area contributed by atoms with Crippen LogP contribution in [0.3, 0.4) is 0 Å². The molecule has 30 heavy (non-hydrogen) atoms. The highest BCUT2D eigenvalue weighted by molar-refractivity contribution is 6.04. The van der Waals surface area contributed by atoms with Crippen LogP contribution >= 0.6 is 0 Å². The van der Waals surface area contributed by atoms with Crippen molar-refractivity contribution < 1.29 is 23.9 Å². The molecule has 1 aromatic carbocycles. The van der Waals surface area contributed by atoms with Crippen LogP contribution < -0.4 is 15.4 Å². The molecule has 2 aromatic rings. The van der Waals surface area contributed by atoms with Crippen molar-refractivity contribution in [3.05, 3.63) is 29.3 Å². The normalized spacial score (nSPS) is 15.2. The smallest absolute Gasteiger partial charge is 0.340 e. The van der Waals surface area contributed by atoms with Crippen LogP contribution in [0.5, 0.6) is 5.75 Å². The third-order valence-corrected chi connectivity index (χ3v) is 4.91. The molecule has 11 nitrogen and oxygen atoms in total. The van der Waals surface area contributed by atoms with Crippen molar-refractivity contribution in [1.29, 1.82) is 0 Å². The summed E-state index contributed by atoms with van der Waals surface area (Å²) in [6, 6.07) is 2.20. The van der Waals surface area contributed by atoms with Crippen LogP contribution in [0.2, 0.25) is 0 Å². The summed E-state index contributed by atoms with van der Waals surface area (Å²) < 4.78 is 12.2. The summed E-state index contributed by atoms with van der Waals surface area (Å²) in [5.41, 5.74) is 0.546. The molecule has 160 valence electrons. The average molecular weight is 416 g/mol. The molecule has 2 heterocycles. The van der Waals surface area contributed by atoms with Crippen LogP contribution in [0.15, 0.2) is 12.1 Å². The molecule has 0 radical (unpaired) electrons. The topological polar surface area (TPSA) is 128 Å². The lowest BCUT2D eigenvalue weighted by Crippen LogP contribution is -2.43. The predicted molar refractivity (Wildman–Crippen MR) is 108 cm³/mol. The summed E-state index contributed by atoms with van der Waals surface area (Å²) in [4.78, 5) is 38.4. The van der Waals surface area contributed by atoms with Gasteiger partial charge in [-0.15, -0.1) is 10.2 Å². The summed E-state index contributed by atoms with van der Waals surface area (Å²) in [6.45, 7) is 6.07. The zero-order chi connectivity index (χ0) is 22.0. The Morgan fingerprint density at radius 3 is 2.50 bits per heavy atom. The van der Waals surface area contributed by atoms with Crippen LogP contribution in [-0.4, -0.2) is 58.3 Å². The number of amides is 3. The minimum Gasteiger partial charge on any atom is -0.494 e.